The fraction of sp³-hybridized carbons (Fsp3) is 0.111. The Morgan fingerprint density at radius 2 is 2.21 bits per heavy atom. The third-order valence-corrected chi connectivity index (χ3v) is 1.60. The summed E-state index contributed by atoms with van der Waals surface area (Å²) < 4.78 is 0. The van der Waals surface area contributed by atoms with Crippen LogP contribution in [0.4, 0.5) is 0 Å². The lowest BCUT2D eigenvalue weighted by Crippen LogP contribution is -2.09. The molecule has 5 heteroatoms. The monoisotopic (exact) mass is 190 g/mol. The molecule has 0 aromatic carbocycles. The van der Waals surface area contributed by atoms with E-state index in [2.05, 4.69) is 4.98 Å². The van der Waals surface area contributed by atoms with Crippen molar-refractivity contribution in [2.45, 2.75) is 6.92 Å². The summed E-state index contributed by atoms with van der Waals surface area (Å²) in [5.74, 6) is -1.70. The molecule has 0 aliphatic heterocycles. The molecule has 5 nitrogen and oxygen atoms in total. The van der Waals surface area contributed by atoms with E-state index in [0.29, 0.717) is 0 Å². The number of pyridine rings is 1. The number of hydrogen-bond donors (Lipinski definition) is 1. The molecule has 0 amide bonds. The highest BCUT2D eigenvalue weighted by atomic mass is 16.4. The predicted molar refractivity (Wildman–Crippen MR) is 45.9 cm³/mol. The molecule has 0 saturated heterocycles. The Morgan fingerprint density at radius 3 is 2.64 bits per heavy atom. The average molecular weight is 190 g/mol. The molecule has 0 aliphatic carbocycles. The van der Waals surface area contributed by atoms with E-state index in [1.807, 2.05) is 0 Å². The molecule has 0 bridgehead atoms. The lowest BCUT2D eigenvalue weighted by molar-refractivity contribution is 0.0685. The zero-order chi connectivity index (χ0) is 10.7. The second-order valence-corrected chi connectivity index (χ2v) is 2.59. The summed E-state index contributed by atoms with van der Waals surface area (Å²) in [6, 6.07) is 3.00. The Bertz CT molecular complexity index is 446. The van der Waals surface area contributed by atoms with Crippen molar-refractivity contribution in [3.63, 3.8) is 0 Å². The lowest BCUT2D eigenvalue weighted by atomic mass is 10.1. The van der Waals surface area contributed by atoms with Crippen molar-refractivity contribution < 1.29 is 14.7 Å². The molecule has 0 radical (unpaired) electrons. The van der Waals surface area contributed by atoms with Gasteiger partial charge >= 0.3 is 5.97 Å². The fourth-order valence-corrected chi connectivity index (χ4v) is 0.965. The average Bonchev–Trinajstić information content (AvgIpc) is 2.16. The van der Waals surface area contributed by atoms with Crippen LogP contribution in [0.25, 0.3) is 0 Å². The minimum absolute atomic E-state index is 0.0449. The van der Waals surface area contributed by atoms with Gasteiger partial charge in [0.2, 0.25) is 0 Å². The van der Waals surface area contributed by atoms with Crippen molar-refractivity contribution in [2.75, 3.05) is 0 Å². The number of nitriles is 1. The predicted octanol–water partition coefficient (Wildman–Crippen LogP) is 0.854. The van der Waals surface area contributed by atoms with Crippen LogP contribution < -0.4 is 0 Å². The van der Waals surface area contributed by atoms with Crippen LogP contribution in [-0.4, -0.2) is 21.8 Å². The minimum atomic E-state index is -1.28. The maximum Gasteiger partial charge on any atom is 0.355 e. The molecule has 0 atom stereocenters. The molecular formula is C9H6N2O3. The zero-order valence-electron chi connectivity index (χ0n) is 7.31. The summed E-state index contributed by atoms with van der Waals surface area (Å²) in [6.07, 6.45) is 1.12. The summed E-state index contributed by atoms with van der Waals surface area (Å²) in [4.78, 5) is 25.2. The molecule has 1 aromatic heterocycles. The number of carbonyl (C=O) groups excluding carboxylic acids is 1. The molecule has 0 spiro atoms. The smallest absolute Gasteiger partial charge is 0.355 e. The summed E-state index contributed by atoms with van der Waals surface area (Å²) in [7, 11) is 0. The summed E-state index contributed by atoms with van der Waals surface area (Å²) in [6.45, 7) is 1.23. The molecule has 1 rings (SSSR count). The fourth-order valence-electron chi connectivity index (χ4n) is 0.965. The summed E-state index contributed by atoms with van der Waals surface area (Å²) in [5, 5.41) is 17.2. The topological polar surface area (TPSA) is 91.0 Å². The second kappa shape index (κ2) is 3.66. The summed E-state index contributed by atoms with van der Waals surface area (Å²) >= 11 is 0. The maximum atomic E-state index is 11.0. The first-order chi connectivity index (χ1) is 6.56. The van der Waals surface area contributed by atoms with Crippen LogP contribution in [-0.2, 0) is 0 Å². The van der Waals surface area contributed by atoms with Crippen LogP contribution in [0.3, 0.4) is 0 Å². The van der Waals surface area contributed by atoms with E-state index in [0.717, 1.165) is 6.20 Å². The molecular weight excluding hydrogens is 184 g/mol. The van der Waals surface area contributed by atoms with Gasteiger partial charge in [-0.05, 0) is 13.0 Å². The first-order valence-electron chi connectivity index (χ1n) is 3.70. The first kappa shape index (κ1) is 9.86. The van der Waals surface area contributed by atoms with Gasteiger partial charge in [-0.1, -0.05) is 0 Å². The third kappa shape index (κ3) is 1.75. The SMILES string of the molecule is CC(=O)c1cc(C#N)cnc1C(=O)O. The molecule has 0 unspecified atom stereocenters. The van der Waals surface area contributed by atoms with Crippen molar-refractivity contribution >= 4 is 11.8 Å². The number of ketones is 1. The Labute approximate surface area is 79.6 Å². The van der Waals surface area contributed by atoms with E-state index in [-0.39, 0.29) is 16.8 Å². The van der Waals surface area contributed by atoms with Gasteiger partial charge in [0.25, 0.3) is 0 Å². The molecule has 0 saturated carbocycles. The van der Waals surface area contributed by atoms with Gasteiger partial charge in [0.05, 0.1) is 11.1 Å². The first-order valence-corrected chi connectivity index (χ1v) is 3.70. The van der Waals surface area contributed by atoms with Gasteiger partial charge in [0.15, 0.2) is 11.5 Å². The number of carboxylic acids is 1. The van der Waals surface area contributed by atoms with Gasteiger partial charge in [-0.25, -0.2) is 9.78 Å². The number of carbonyl (C=O) groups is 2. The van der Waals surface area contributed by atoms with E-state index in [9.17, 15) is 9.59 Å². The molecule has 70 valence electrons. The van der Waals surface area contributed by atoms with Gasteiger partial charge in [0.1, 0.15) is 6.07 Å². The Balaban J connectivity index is 3.40. The van der Waals surface area contributed by atoms with Crippen molar-refractivity contribution in [1.82, 2.24) is 4.98 Å². The highest BCUT2D eigenvalue weighted by Crippen LogP contribution is 2.09. The third-order valence-electron chi connectivity index (χ3n) is 1.60. The van der Waals surface area contributed by atoms with Crippen molar-refractivity contribution in [2.24, 2.45) is 0 Å². The number of carboxylic acid groups (broad SMARTS) is 1. The molecule has 1 aromatic rings. The van der Waals surface area contributed by atoms with Crippen LogP contribution in [0.1, 0.15) is 33.3 Å². The van der Waals surface area contributed by atoms with Crippen molar-refractivity contribution in [3.8, 4) is 6.07 Å². The summed E-state index contributed by atoms with van der Waals surface area (Å²) in [5.41, 5.74) is -0.201. The normalized spacial score (nSPS) is 9.14. The number of aromatic carboxylic acids is 1. The molecule has 14 heavy (non-hydrogen) atoms. The quantitative estimate of drug-likeness (QED) is 0.698. The molecule has 1 heterocycles. The van der Waals surface area contributed by atoms with Crippen LogP contribution in [0.15, 0.2) is 12.3 Å². The van der Waals surface area contributed by atoms with Crippen molar-refractivity contribution in [1.29, 1.82) is 5.26 Å². The Hall–Kier alpha value is -2.22. The van der Waals surface area contributed by atoms with Gasteiger partial charge in [-0.15, -0.1) is 0 Å². The zero-order valence-corrected chi connectivity index (χ0v) is 7.31. The van der Waals surface area contributed by atoms with Gasteiger partial charge in [-0.2, -0.15) is 5.26 Å². The lowest BCUT2D eigenvalue weighted by Gasteiger charge is -2.00. The molecule has 0 fully saturated rings. The molecule has 1 N–H and O–H groups in total. The minimum Gasteiger partial charge on any atom is -0.476 e. The van der Waals surface area contributed by atoms with Crippen LogP contribution in [0.2, 0.25) is 0 Å². The van der Waals surface area contributed by atoms with Crippen molar-refractivity contribution in [3.05, 3.63) is 29.1 Å². The van der Waals surface area contributed by atoms with Gasteiger partial charge < -0.3 is 5.11 Å². The largest absolute Gasteiger partial charge is 0.476 e. The van der Waals surface area contributed by atoms with Crippen LogP contribution in [0, 0.1) is 11.3 Å². The van der Waals surface area contributed by atoms with Crippen LogP contribution >= 0.6 is 0 Å². The van der Waals surface area contributed by atoms with Gasteiger partial charge in [-0.3, -0.25) is 4.79 Å². The Morgan fingerprint density at radius 1 is 1.57 bits per heavy atom. The maximum absolute atomic E-state index is 11.0. The highest BCUT2D eigenvalue weighted by molar-refractivity contribution is 6.03. The van der Waals surface area contributed by atoms with Crippen LogP contribution in [0.5, 0.6) is 0 Å². The molecule has 0 aliphatic rings. The van der Waals surface area contributed by atoms with Gasteiger partial charge in [0, 0.05) is 6.20 Å². The van der Waals surface area contributed by atoms with E-state index >= 15 is 0 Å². The highest BCUT2D eigenvalue weighted by Gasteiger charge is 2.15. The number of aromatic nitrogens is 1. The van der Waals surface area contributed by atoms with E-state index in [4.69, 9.17) is 10.4 Å². The Kier molecular flexibility index (Phi) is 2.58. The van der Waals surface area contributed by atoms with E-state index in [1.54, 1.807) is 6.07 Å². The van der Waals surface area contributed by atoms with E-state index < -0.39 is 11.8 Å². The number of hydrogen-bond acceptors (Lipinski definition) is 4. The number of rotatable bonds is 2. The number of nitrogens with zero attached hydrogens (tertiary/aromatic N) is 2. The van der Waals surface area contributed by atoms with E-state index in [1.165, 1.54) is 13.0 Å². The second-order valence-electron chi connectivity index (χ2n) is 2.59. The number of Topliss-reactive ketones (excluding diaryl/α,β-unsaturated/α-hetero) is 1. The standard InChI is InChI=1S/C9H6N2O3/c1-5(12)7-2-6(3-10)4-11-8(7)9(13)14/h2,4H,1H3,(H,13,14).